The number of benzene rings is 1. The molecule has 1 aliphatic rings. The molecule has 0 aromatic heterocycles. The highest BCUT2D eigenvalue weighted by Gasteiger charge is 2.25. The molecule has 0 amide bonds. The minimum Gasteiger partial charge on any atom is -0.393 e. The molecule has 0 saturated heterocycles. The Balaban J connectivity index is 2.00. The topological polar surface area (TPSA) is 46.2 Å². The van der Waals surface area contributed by atoms with Crippen LogP contribution in [0.2, 0.25) is 0 Å². The van der Waals surface area contributed by atoms with E-state index >= 15 is 0 Å². The third-order valence-corrected chi connectivity index (χ3v) is 4.02. The van der Waals surface area contributed by atoms with Gasteiger partial charge in [-0.3, -0.25) is 0 Å². The predicted molar refractivity (Wildman–Crippen MR) is 70.7 cm³/mol. The largest absolute Gasteiger partial charge is 0.393 e. The Hall–Kier alpha value is -0.860. The molecule has 3 N–H and O–H groups in total. The fourth-order valence-corrected chi connectivity index (χ4v) is 2.71. The second-order valence-corrected chi connectivity index (χ2v) is 5.19. The number of hydrogen-bond donors (Lipinski definition) is 2. The Morgan fingerprint density at radius 2 is 1.76 bits per heavy atom. The van der Waals surface area contributed by atoms with Gasteiger partial charge in [-0.25, -0.2) is 0 Å². The standard InChI is InChI=1S/C15H23NO/c1-2-11-3-5-12(6-4-11)15(16)13-7-9-14(17)10-8-13/h3-6,13-15,17H,2,7-10,16H2,1H3. The Bertz CT molecular complexity index is 338. The third-order valence-electron chi connectivity index (χ3n) is 4.02. The van der Waals surface area contributed by atoms with Gasteiger partial charge in [-0.1, -0.05) is 31.2 Å². The molecule has 17 heavy (non-hydrogen) atoms. The highest BCUT2D eigenvalue weighted by Crippen LogP contribution is 2.33. The van der Waals surface area contributed by atoms with Crippen molar-refractivity contribution >= 4 is 0 Å². The molecule has 0 heterocycles. The summed E-state index contributed by atoms with van der Waals surface area (Å²) in [7, 11) is 0. The number of rotatable bonds is 3. The first kappa shape index (κ1) is 12.6. The van der Waals surface area contributed by atoms with Crippen molar-refractivity contribution < 1.29 is 5.11 Å². The molecule has 1 unspecified atom stereocenters. The summed E-state index contributed by atoms with van der Waals surface area (Å²) in [6, 6.07) is 8.80. The number of aliphatic hydroxyl groups is 1. The molecule has 1 aromatic rings. The lowest BCUT2D eigenvalue weighted by atomic mass is 9.80. The van der Waals surface area contributed by atoms with E-state index in [4.69, 9.17) is 5.73 Å². The van der Waals surface area contributed by atoms with E-state index in [1.807, 2.05) is 0 Å². The Morgan fingerprint density at radius 1 is 1.18 bits per heavy atom. The molecule has 0 spiro atoms. The zero-order valence-electron chi connectivity index (χ0n) is 10.6. The van der Waals surface area contributed by atoms with Gasteiger partial charge in [-0.2, -0.15) is 0 Å². The molecule has 0 aliphatic heterocycles. The highest BCUT2D eigenvalue weighted by molar-refractivity contribution is 5.25. The Morgan fingerprint density at radius 3 is 2.29 bits per heavy atom. The lowest BCUT2D eigenvalue weighted by Crippen LogP contribution is -2.27. The summed E-state index contributed by atoms with van der Waals surface area (Å²) in [4.78, 5) is 0. The molecule has 94 valence electrons. The summed E-state index contributed by atoms with van der Waals surface area (Å²) in [6.07, 6.45) is 4.90. The quantitative estimate of drug-likeness (QED) is 0.843. The predicted octanol–water partition coefficient (Wildman–Crippen LogP) is 2.80. The SMILES string of the molecule is CCc1ccc(C(N)C2CCC(O)CC2)cc1. The Labute approximate surface area is 104 Å². The fraction of sp³-hybridized carbons (Fsp3) is 0.600. The first-order valence-corrected chi connectivity index (χ1v) is 6.73. The number of nitrogens with two attached hydrogens (primary N) is 1. The van der Waals surface area contributed by atoms with Gasteiger partial charge in [0.15, 0.2) is 0 Å². The van der Waals surface area contributed by atoms with Crippen LogP contribution < -0.4 is 5.73 Å². The zero-order valence-corrected chi connectivity index (χ0v) is 10.6. The monoisotopic (exact) mass is 233 g/mol. The van der Waals surface area contributed by atoms with Gasteiger partial charge in [0.1, 0.15) is 0 Å². The van der Waals surface area contributed by atoms with Crippen molar-refractivity contribution in [3.63, 3.8) is 0 Å². The lowest BCUT2D eigenvalue weighted by Gasteiger charge is -2.30. The fourth-order valence-electron chi connectivity index (χ4n) is 2.71. The highest BCUT2D eigenvalue weighted by atomic mass is 16.3. The van der Waals surface area contributed by atoms with Crippen LogP contribution in [-0.2, 0) is 6.42 Å². The van der Waals surface area contributed by atoms with Crippen LogP contribution in [0.25, 0.3) is 0 Å². The third kappa shape index (κ3) is 3.08. The number of aliphatic hydroxyl groups excluding tert-OH is 1. The van der Waals surface area contributed by atoms with Crippen molar-refractivity contribution in [2.45, 2.75) is 51.2 Å². The molecule has 2 rings (SSSR count). The van der Waals surface area contributed by atoms with E-state index in [1.165, 1.54) is 11.1 Å². The van der Waals surface area contributed by atoms with Crippen molar-refractivity contribution in [2.75, 3.05) is 0 Å². The minimum atomic E-state index is -0.0964. The maximum absolute atomic E-state index is 9.51. The Kier molecular flexibility index (Phi) is 4.19. The van der Waals surface area contributed by atoms with E-state index in [0.29, 0.717) is 5.92 Å². The van der Waals surface area contributed by atoms with Crippen molar-refractivity contribution in [3.8, 4) is 0 Å². The molecule has 1 atom stereocenters. The summed E-state index contributed by atoms with van der Waals surface area (Å²) in [5.41, 5.74) is 8.93. The van der Waals surface area contributed by atoms with Crippen LogP contribution in [0.3, 0.4) is 0 Å². The molecule has 1 fully saturated rings. The van der Waals surface area contributed by atoms with E-state index in [1.54, 1.807) is 0 Å². The molecule has 1 aromatic carbocycles. The maximum Gasteiger partial charge on any atom is 0.0540 e. The van der Waals surface area contributed by atoms with Gasteiger partial charge in [-0.05, 0) is 49.1 Å². The van der Waals surface area contributed by atoms with Crippen molar-refractivity contribution in [3.05, 3.63) is 35.4 Å². The summed E-state index contributed by atoms with van der Waals surface area (Å²) in [6.45, 7) is 2.16. The van der Waals surface area contributed by atoms with Crippen LogP contribution in [0.5, 0.6) is 0 Å². The lowest BCUT2D eigenvalue weighted by molar-refractivity contribution is 0.102. The number of hydrogen-bond acceptors (Lipinski definition) is 2. The smallest absolute Gasteiger partial charge is 0.0540 e. The van der Waals surface area contributed by atoms with Gasteiger partial charge in [0.25, 0.3) is 0 Å². The molecule has 2 heteroatoms. The zero-order chi connectivity index (χ0) is 12.3. The van der Waals surface area contributed by atoms with Crippen molar-refractivity contribution in [1.29, 1.82) is 0 Å². The first-order chi connectivity index (χ1) is 8.20. The van der Waals surface area contributed by atoms with Crippen LogP contribution >= 0.6 is 0 Å². The van der Waals surface area contributed by atoms with Gasteiger partial charge in [-0.15, -0.1) is 0 Å². The summed E-state index contributed by atoms with van der Waals surface area (Å²) in [5, 5.41) is 9.51. The average Bonchev–Trinajstić information content (AvgIpc) is 2.39. The van der Waals surface area contributed by atoms with E-state index in [2.05, 4.69) is 31.2 Å². The van der Waals surface area contributed by atoms with Crippen LogP contribution in [0.4, 0.5) is 0 Å². The van der Waals surface area contributed by atoms with Crippen molar-refractivity contribution in [2.24, 2.45) is 11.7 Å². The molecule has 0 radical (unpaired) electrons. The van der Waals surface area contributed by atoms with Gasteiger partial charge < -0.3 is 10.8 Å². The first-order valence-electron chi connectivity index (χ1n) is 6.73. The van der Waals surface area contributed by atoms with Gasteiger partial charge in [0.2, 0.25) is 0 Å². The van der Waals surface area contributed by atoms with Gasteiger partial charge in [0, 0.05) is 6.04 Å². The van der Waals surface area contributed by atoms with E-state index in [-0.39, 0.29) is 12.1 Å². The summed E-state index contributed by atoms with van der Waals surface area (Å²) in [5.74, 6) is 0.533. The second-order valence-electron chi connectivity index (χ2n) is 5.19. The second kappa shape index (κ2) is 5.65. The molecular weight excluding hydrogens is 210 g/mol. The molecule has 0 bridgehead atoms. The van der Waals surface area contributed by atoms with E-state index < -0.39 is 0 Å². The van der Waals surface area contributed by atoms with Crippen LogP contribution in [-0.4, -0.2) is 11.2 Å². The van der Waals surface area contributed by atoms with Crippen LogP contribution in [0, 0.1) is 5.92 Å². The van der Waals surface area contributed by atoms with Crippen LogP contribution in [0.15, 0.2) is 24.3 Å². The maximum atomic E-state index is 9.51. The van der Waals surface area contributed by atoms with E-state index in [9.17, 15) is 5.11 Å². The number of aryl methyl sites for hydroxylation is 1. The molecule has 1 aliphatic carbocycles. The summed E-state index contributed by atoms with van der Waals surface area (Å²) >= 11 is 0. The van der Waals surface area contributed by atoms with Crippen molar-refractivity contribution in [1.82, 2.24) is 0 Å². The molecule has 1 saturated carbocycles. The normalized spacial score (nSPS) is 26.8. The molecular formula is C15H23NO. The van der Waals surface area contributed by atoms with Crippen LogP contribution in [0.1, 0.15) is 49.8 Å². The van der Waals surface area contributed by atoms with Gasteiger partial charge >= 0.3 is 0 Å². The van der Waals surface area contributed by atoms with Gasteiger partial charge in [0.05, 0.1) is 6.10 Å². The molecule has 2 nitrogen and oxygen atoms in total. The summed E-state index contributed by atoms with van der Waals surface area (Å²) < 4.78 is 0. The van der Waals surface area contributed by atoms with E-state index in [0.717, 1.165) is 32.1 Å². The average molecular weight is 233 g/mol. The minimum absolute atomic E-state index is 0.0964.